The lowest BCUT2D eigenvalue weighted by Crippen LogP contribution is -2.32. The number of nitrogens with zero attached hydrogens (tertiary/aromatic N) is 2. The first kappa shape index (κ1) is 19.7. The number of fused-ring (bicyclic) bond motifs is 1. The van der Waals surface area contributed by atoms with Crippen molar-refractivity contribution >= 4 is 23.2 Å². The molecule has 0 bridgehead atoms. The van der Waals surface area contributed by atoms with Crippen molar-refractivity contribution in [2.45, 2.75) is 13.0 Å². The standard InChI is InChI=1S/C25H25N3O2/c1-27(17-19-8-3-2-4-9-19)25(30)21-11-7-12-22(16-21)26-24(29)18-28-15-14-20-10-5-6-13-23(20)28/h2-13,16H,14-15,17-18H2,1H3,(H,26,29). The average Bonchev–Trinajstić information content (AvgIpc) is 3.17. The van der Waals surface area contributed by atoms with E-state index in [0.717, 1.165) is 24.2 Å². The van der Waals surface area contributed by atoms with Crippen molar-refractivity contribution in [3.63, 3.8) is 0 Å². The van der Waals surface area contributed by atoms with Gasteiger partial charge in [-0.2, -0.15) is 0 Å². The molecule has 1 aliphatic rings. The van der Waals surface area contributed by atoms with E-state index in [-0.39, 0.29) is 11.8 Å². The van der Waals surface area contributed by atoms with Gasteiger partial charge in [-0.3, -0.25) is 9.59 Å². The predicted molar refractivity (Wildman–Crippen MR) is 120 cm³/mol. The third-order valence-corrected chi connectivity index (χ3v) is 5.32. The molecule has 0 aromatic heterocycles. The van der Waals surface area contributed by atoms with Gasteiger partial charge in [0, 0.05) is 37.1 Å². The van der Waals surface area contributed by atoms with Gasteiger partial charge in [-0.05, 0) is 41.8 Å². The highest BCUT2D eigenvalue weighted by Crippen LogP contribution is 2.27. The summed E-state index contributed by atoms with van der Waals surface area (Å²) in [5.41, 5.74) is 4.66. The highest BCUT2D eigenvalue weighted by Gasteiger charge is 2.20. The maximum absolute atomic E-state index is 12.8. The summed E-state index contributed by atoms with van der Waals surface area (Å²) in [6.45, 7) is 1.67. The van der Waals surface area contributed by atoms with E-state index in [0.29, 0.717) is 24.3 Å². The zero-order valence-electron chi connectivity index (χ0n) is 17.0. The van der Waals surface area contributed by atoms with Crippen LogP contribution in [0.3, 0.4) is 0 Å². The second-order valence-corrected chi connectivity index (χ2v) is 7.58. The molecule has 4 rings (SSSR count). The van der Waals surface area contributed by atoms with Crippen molar-refractivity contribution in [3.8, 4) is 0 Å². The third-order valence-electron chi connectivity index (χ3n) is 5.32. The van der Waals surface area contributed by atoms with Crippen LogP contribution in [-0.2, 0) is 17.8 Å². The van der Waals surface area contributed by atoms with Gasteiger partial charge in [-0.15, -0.1) is 0 Å². The van der Waals surface area contributed by atoms with Crippen LogP contribution in [-0.4, -0.2) is 36.9 Å². The Bertz CT molecular complexity index is 1050. The summed E-state index contributed by atoms with van der Waals surface area (Å²) in [5, 5.41) is 2.93. The molecule has 152 valence electrons. The van der Waals surface area contributed by atoms with E-state index in [1.54, 1.807) is 30.1 Å². The molecule has 1 aliphatic heterocycles. The lowest BCUT2D eigenvalue weighted by Gasteiger charge is -2.19. The summed E-state index contributed by atoms with van der Waals surface area (Å²) in [7, 11) is 1.78. The van der Waals surface area contributed by atoms with E-state index in [1.807, 2.05) is 48.5 Å². The van der Waals surface area contributed by atoms with E-state index in [2.05, 4.69) is 22.3 Å². The van der Waals surface area contributed by atoms with Gasteiger partial charge in [0.15, 0.2) is 0 Å². The first-order valence-electron chi connectivity index (χ1n) is 10.1. The minimum absolute atomic E-state index is 0.0802. The van der Waals surface area contributed by atoms with E-state index >= 15 is 0 Å². The molecule has 2 amide bonds. The fourth-order valence-corrected chi connectivity index (χ4v) is 3.82. The van der Waals surface area contributed by atoms with Crippen LogP contribution in [0.5, 0.6) is 0 Å². The maximum atomic E-state index is 12.8. The summed E-state index contributed by atoms with van der Waals surface area (Å²) in [4.78, 5) is 29.2. The Morgan fingerprint density at radius 2 is 1.73 bits per heavy atom. The second kappa shape index (κ2) is 8.82. The summed E-state index contributed by atoms with van der Waals surface area (Å²) >= 11 is 0. The Labute approximate surface area is 176 Å². The molecule has 5 heteroatoms. The van der Waals surface area contributed by atoms with Crippen LogP contribution in [0, 0.1) is 0 Å². The number of carbonyl (C=O) groups is 2. The van der Waals surface area contributed by atoms with Crippen LogP contribution >= 0.6 is 0 Å². The minimum atomic E-state index is -0.0889. The highest BCUT2D eigenvalue weighted by molar-refractivity contribution is 5.98. The van der Waals surface area contributed by atoms with Gasteiger partial charge in [-0.1, -0.05) is 54.6 Å². The molecule has 0 unspecified atom stereocenters. The van der Waals surface area contributed by atoms with Crippen molar-refractivity contribution in [2.24, 2.45) is 0 Å². The van der Waals surface area contributed by atoms with Gasteiger partial charge in [0.05, 0.1) is 6.54 Å². The highest BCUT2D eigenvalue weighted by atomic mass is 16.2. The summed E-state index contributed by atoms with van der Waals surface area (Å²) in [6.07, 6.45) is 0.960. The van der Waals surface area contributed by atoms with Gasteiger partial charge < -0.3 is 15.1 Å². The third kappa shape index (κ3) is 4.51. The lowest BCUT2D eigenvalue weighted by atomic mass is 10.1. The molecular formula is C25H25N3O2. The zero-order chi connectivity index (χ0) is 20.9. The minimum Gasteiger partial charge on any atom is -0.362 e. The zero-order valence-corrected chi connectivity index (χ0v) is 17.0. The van der Waals surface area contributed by atoms with Crippen LogP contribution in [0.4, 0.5) is 11.4 Å². The number of hydrogen-bond donors (Lipinski definition) is 1. The fraction of sp³-hybridized carbons (Fsp3) is 0.200. The molecule has 0 aliphatic carbocycles. The average molecular weight is 399 g/mol. The van der Waals surface area contributed by atoms with Crippen molar-refractivity contribution in [2.75, 3.05) is 30.4 Å². The van der Waals surface area contributed by atoms with Gasteiger partial charge in [0.2, 0.25) is 5.91 Å². The molecule has 3 aromatic carbocycles. The molecule has 0 saturated heterocycles. The Morgan fingerprint density at radius 1 is 0.967 bits per heavy atom. The predicted octanol–water partition coefficient (Wildman–Crippen LogP) is 3.96. The van der Waals surface area contributed by atoms with Gasteiger partial charge in [0.1, 0.15) is 0 Å². The number of carbonyl (C=O) groups excluding carboxylic acids is 2. The number of anilines is 2. The van der Waals surface area contributed by atoms with E-state index in [4.69, 9.17) is 0 Å². The van der Waals surface area contributed by atoms with Crippen LogP contribution < -0.4 is 10.2 Å². The summed E-state index contributed by atoms with van der Waals surface area (Å²) < 4.78 is 0. The van der Waals surface area contributed by atoms with Gasteiger partial charge in [0.25, 0.3) is 5.91 Å². The molecule has 0 fully saturated rings. The first-order chi connectivity index (χ1) is 14.6. The molecule has 0 radical (unpaired) electrons. The summed E-state index contributed by atoms with van der Waals surface area (Å²) in [6, 6.07) is 25.2. The number of para-hydroxylation sites is 1. The number of nitrogens with one attached hydrogen (secondary N) is 1. The summed E-state index contributed by atoms with van der Waals surface area (Å²) in [5.74, 6) is -0.169. The first-order valence-corrected chi connectivity index (χ1v) is 10.1. The molecule has 0 saturated carbocycles. The Kier molecular flexibility index (Phi) is 5.80. The molecule has 0 atom stereocenters. The Morgan fingerprint density at radius 3 is 2.57 bits per heavy atom. The van der Waals surface area contributed by atoms with Crippen LogP contribution in [0.1, 0.15) is 21.5 Å². The van der Waals surface area contributed by atoms with Crippen molar-refractivity contribution in [3.05, 3.63) is 95.6 Å². The molecule has 3 aromatic rings. The Balaban J connectivity index is 1.38. The molecule has 1 heterocycles. The molecular weight excluding hydrogens is 374 g/mol. The second-order valence-electron chi connectivity index (χ2n) is 7.58. The van der Waals surface area contributed by atoms with Gasteiger partial charge in [-0.25, -0.2) is 0 Å². The normalized spacial score (nSPS) is 12.4. The fourth-order valence-electron chi connectivity index (χ4n) is 3.82. The van der Waals surface area contributed by atoms with E-state index in [1.165, 1.54) is 5.56 Å². The van der Waals surface area contributed by atoms with Crippen molar-refractivity contribution in [1.29, 1.82) is 0 Å². The largest absolute Gasteiger partial charge is 0.362 e. The maximum Gasteiger partial charge on any atom is 0.253 e. The van der Waals surface area contributed by atoms with Crippen LogP contribution in [0.15, 0.2) is 78.9 Å². The molecule has 5 nitrogen and oxygen atoms in total. The van der Waals surface area contributed by atoms with Crippen LogP contribution in [0.2, 0.25) is 0 Å². The Hall–Kier alpha value is -3.60. The SMILES string of the molecule is CN(Cc1ccccc1)C(=O)c1cccc(NC(=O)CN2CCc3ccccc32)c1. The van der Waals surface area contributed by atoms with Gasteiger partial charge >= 0.3 is 0 Å². The quantitative estimate of drug-likeness (QED) is 0.683. The molecule has 30 heavy (non-hydrogen) atoms. The molecule has 1 N–H and O–H groups in total. The number of benzene rings is 3. The number of rotatable bonds is 6. The monoisotopic (exact) mass is 399 g/mol. The van der Waals surface area contributed by atoms with Crippen molar-refractivity contribution < 1.29 is 9.59 Å². The molecule has 0 spiro atoms. The lowest BCUT2D eigenvalue weighted by molar-refractivity contribution is -0.115. The smallest absolute Gasteiger partial charge is 0.253 e. The van der Waals surface area contributed by atoms with E-state index < -0.39 is 0 Å². The van der Waals surface area contributed by atoms with E-state index in [9.17, 15) is 9.59 Å². The topological polar surface area (TPSA) is 52.7 Å². The number of hydrogen-bond acceptors (Lipinski definition) is 3. The van der Waals surface area contributed by atoms with Crippen molar-refractivity contribution in [1.82, 2.24) is 4.90 Å². The number of amides is 2. The van der Waals surface area contributed by atoms with Crippen LogP contribution in [0.25, 0.3) is 0 Å².